The fraction of sp³-hybridized carbons (Fsp3) is 1.00. The van der Waals surface area contributed by atoms with E-state index in [0.29, 0.717) is 0 Å². The Bertz CT molecular complexity index is 142. The third kappa shape index (κ3) is 10.4. The van der Waals surface area contributed by atoms with Crippen molar-refractivity contribution in [1.82, 2.24) is 0 Å². The second-order valence-corrected chi connectivity index (χ2v) is 6.95. The molecule has 92 valence electrons. The predicted octanol–water partition coefficient (Wildman–Crippen LogP) is 1.77. The van der Waals surface area contributed by atoms with Gasteiger partial charge in [0.15, 0.2) is 0 Å². The highest BCUT2D eigenvalue weighted by Gasteiger charge is 2.13. The fourth-order valence-electron chi connectivity index (χ4n) is 1.48. The van der Waals surface area contributed by atoms with E-state index in [1.807, 2.05) is 13.8 Å². The molecule has 0 amide bonds. The highest BCUT2D eigenvalue weighted by molar-refractivity contribution is 6.44. The minimum atomic E-state index is -1.33. The summed E-state index contributed by atoms with van der Waals surface area (Å²) in [5.41, 5.74) is 0. The van der Waals surface area contributed by atoms with Crippen molar-refractivity contribution in [2.45, 2.75) is 32.7 Å². The number of quaternary nitrogens is 1. The highest BCUT2D eigenvalue weighted by Crippen LogP contribution is 2.06. The van der Waals surface area contributed by atoms with Crippen molar-refractivity contribution in [1.29, 1.82) is 0 Å². The molecular weight excluding hydrogens is 206 g/mol. The van der Waals surface area contributed by atoms with Gasteiger partial charge in [0.25, 0.3) is 0 Å². The van der Waals surface area contributed by atoms with Crippen LogP contribution in [0.1, 0.15) is 26.7 Å². The first kappa shape index (κ1) is 15.1. The topological polar surface area (TPSA) is 18.5 Å². The molecule has 0 unspecified atom stereocenters. The SMILES string of the molecule is CCO[SiH](CCCC[N+](C)(C)C)OCC. The van der Waals surface area contributed by atoms with Crippen LogP contribution < -0.4 is 0 Å². The van der Waals surface area contributed by atoms with E-state index in [4.69, 9.17) is 8.85 Å². The molecule has 15 heavy (non-hydrogen) atoms. The molecule has 0 fully saturated rings. The smallest absolute Gasteiger partial charge is 0.321 e. The molecule has 0 aliphatic carbocycles. The molecule has 0 aromatic carbocycles. The third-order valence-corrected chi connectivity index (χ3v) is 4.51. The number of nitrogens with zero attached hydrogens (tertiary/aromatic N) is 1. The molecule has 0 aromatic rings. The van der Waals surface area contributed by atoms with Gasteiger partial charge in [-0.25, -0.2) is 0 Å². The minimum Gasteiger partial charge on any atom is -0.397 e. The first-order valence-corrected chi connectivity index (χ1v) is 7.79. The van der Waals surface area contributed by atoms with E-state index in [0.717, 1.165) is 23.7 Å². The van der Waals surface area contributed by atoms with Crippen molar-refractivity contribution < 1.29 is 13.3 Å². The maximum Gasteiger partial charge on any atom is 0.321 e. The van der Waals surface area contributed by atoms with E-state index in [1.54, 1.807) is 0 Å². The van der Waals surface area contributed by atoms with Gasteiger partial charge < -0.3 is 13.3 Å². The van der Waals surface area contributed by atoms with Crippen LogP contribution in [0.2, 0.25) is 6.04 Å². The van der Waals surface area contributed by atoms with Crippen LogP contribution in [0, 0.1) is 0 Å². The van der Waals surface area contributed by atoms with Gasteiger partial charge in [0.1, 0.15) is 0 Å². The van der Waals surface area contributed by atoms with Crippen molar-refractivity contribution >= 4 is 9.28 Å². The minimum absolute atomic E-state index is 0.798. The van der Waals surface area contributed by atoms with E-state index in [2.05, 4.69) is 21.1 Å². The Labute approximate surface area is 96.8 Å². The molecule has 0 aliphatic rings. The van der Waals surface area contributed by atoms with Gasteiger partial charge in [-0.05, 0) is 32.7 Å². The summed E-state index contributed by atoms with van der Waals surface area (Å²) in [7, 11) is 5.38. The van der Waals surface area contributed by atoms with Crippen LogP contribution in [-0.4, -0.2) is 54.7 Å². The average molecular weight is 234 g/mol. The lowest BCUT2D eigenvalue weighted by atomic mass is 10.3. The molecule has 4 heteroatoms. The Kier molecular flexibility index (Phi) is 8.33. The van der Waals surface area contributed by atoms with Gasteiger partial charge in [0.05, 0.1) is 27.7 Å². The van der Waals surface area contributed by atoms with Crippen LogP contribution in [-0.2, 0) is 8.85 Å². The lowest BCUT2D eigenvalue weighted by Gasteiger charge is -2.24. The van der Waals surface area contributed by atoms with Crippen LogP contribution in [0.15, 0.2) is 0 Å². The maximum atomic E-state index is 5.63. The Morgan fingerprint density at radius 3 is 1.87 bits per heavy atom. The van der Waals surface area contributed by atoms with Crippen molar-refractivity contribution in [3.8, 4) is 0 Å². The molecule has 0 N–H and O–H groups in total. The standard InChI is InChI=1S/C11H28NO2Si/c1-6-13-15(14-7-2)11-9-8-10-12(3,4)5/h15H,6-11H2,1-5H3/q+1. The van der Waals surface area contributed by atoms with Crippen LogP contribution in [0.25, 0.3) is 0 Å². The quantitative estimate of drug-likeness (QED) is 0.344. The van der Waals surface area contributed by atoms with Gasteiger partial charge in [0, 0.05) is 13.2 Å². The Morgan fingerprint density at radius 1 is 0.933 bits per heavy atom. The van der Waals surface area contributed by atoms with Crippen molar-refractivity contribution in [2.24, 2.45) is 0 Å². The van der Waals surface area contributed by atoms with E-state index in [9.17, 15) is 0 Å². The van der Waals surface area contributed by atoms with Gasteiger partial charge >= 0.3 is 9.28 Å². The summed E-state index contributed by atoms with van der Waals surface area (Å²) in [6.07, 6.45) is 2.51. The van der Waals surface area contributed by atoms with Crippen LogP contribution in [0.3, 0.4) is 0 Å². The zero-order valence-corrected chi connectivity index (χ0v) is 12.2. The van der Waals surface area contributed by atoms with Gasteiger partial charge in [-0.3, -0.25) is 0 Å². The average Bonchev–Trinajstić information content (AvgIpc) is 2.11. The van der Waals surface area contributed by atoms with Crippen LogP contribution in [0.4, 0.5) is 0 Å². The summed E-state index contributed by atoms with van der Waals surface area (Å²) < 4.78 is 12.3. The first-order valence-electron chi connectivity index (χ1n) is 6.03. The summed E-state index contributed by atoms with van der Waals surface area (Å²) in [5, 5.41) is 0. The molecule has 0 aliphatic heterocycles. The summed E-state index contributed by atoms with van der Waals surface area (Å²) in [6, 6.07) is 1.15. The monoisotopic (exact) mass is 234 g/mol. The van der Waals surface area contributed by atoms with E-state index >= 15 is 0 Å². The van der Waals surface area contributed by atoms with Gasteiger partial charge in [-0.2, -0.15) is 0 Å². The zero-order chi connectivity index (χ0) is 11.7. The third-order valence-electron chi connectivity index (χ3n) is 2.22. The molecule has 0 atom stereocenters. The molecular formula is C11H28NO2Si+. The Morgan fingerprint density at radius 2 is 1.47 bits per heavy atom. The van der Waals surface area contributed by atoms with Crippen molar-refractivity contribution in [3.05, 3.63) is 0 Å². The molecule has 0 rings (SSSR count). The maximum absolute atomic E-state index is 5.63. The number of rotatable bonds is 9. The fourth-order valence-corrected chi connectivity index (χ4v) is 3.28. The summed E-state index contributed by atoms with van der Waals surface area (Å²) in [4.78, 5) is 0. The van der Waals surface area contributed by atoms with Crippen LogP contribution >= 0.6 is 0 Å². The summed E-state index contributed by atoms with van der Waals surface area (Å²) >= 11 is 0. The molecule has 0 saturated heterocycles. The molecule has 3 nitrogen and oxygen atoms in total. The molecule has 0 bridgehead atoms. The second kappa shape index (κ2) is 8.27. The largest absolute Gasteiger partial charge is 0.397 e. The lowest BCUT2D eigenvalue weighted by molar-refractivity contribution is -0.870. The van der Waals surface area contributed by atoms with Gasteiger partial charge in [-0.15, -0.1) is 0 Å². The van der Waals surface area contributed by atoms with Crippen molar-refractivity contribution in [2.75, 3.05) is 40.9 Å². The molecule has 0 saturated carbocycles. The van der Waals surface area contributed by atoms with Crippen molar-refractivity contribution in [3.63, 3.8) is 0 Å². The Balaban J connectivity index is 3.52. The first-order chi connectivity index (χ1) is 6.99. The van der Waals surface area contributed by atoms with E-state index < -0.39 is 9.28 Å². The number of hydrogen-bond acceptors (Lipinski definition) is 2. The van der Waals surface area contributed by atoms with Gasteiger partial charge in [0.2, 0.25) is 0 Å². The Hall–Kier alpha value is 0.0969. The molecule has 0 heterocycles. The summed E-state index contributed by atoms with van der Waals surface area (Å²) in [5.74, 6) is 0. The van der Waals surface area contributed by atoms with Crippen LogP contribution in [0.5, 0.6) is 0 Å². The predicted molar refractivity (Wildman–Crippen MR) is 67.3 cm³/mol. The second-order valence-electron chi connectivity index (χ2n) is 4.85. The molecule has 0 radical (unpaired) electrons. The highest BCUT2D eigenvalue weighted by atomic mass is 28.3. The van der Waals surface area contributed by atoms with E-state index in [-0.39, 0.29) is 0 Å². The lowest BCUT2D eigenvalue weighted by Crippen LogP contribution is -2.35. The normalized spacial score (nSPS) is 12.4. The zero-order valence-electron chi connectivity index (χ0n) is 11.1. The molecule has 0 spiro atoms. The van der Waals surface area contributed by atoms with E-state index in [1.165, 1.54) is 19.4 Å². The number of unbranched alkanes of at least 4 members (excludes halogenated alkanes) is 1. The number of hydrogen-bond donors (Lipinski definition) is 0. The molecule has 0 aromatic heterocycles. The summed E-state index contributed by atoms with van der Waals surface area (Å²) in [6.45, 7) is 6.92. The van der Waals surface area contributed by atoms with Gasteiger partial charge in [-0.1, -0.05) is 0 Å².